The Balaban J connectivity index is 1.78. The summed E-state index contributed by atoms with van der Waals surface area (Å²) in [7, 11) is 0. The zero-order chi connectivity index (χ0) is 19.8. The molecule has 27 heavy (non-hydrogen) atoms. The summed E-state index contributed by atoms with van der Waals surface area (Å²) < 4.78 is 4.83. The van der Waals surface area contributed by atoms with Crippen molar-refractivity contribution in [1.29, 1.82) is 0 Å². The van der Waals surface area contributed by atoms with E-state index in [9.17, 15) is 14.4 Å². The molecule has 2 aromatic rings. The maximum Gasteiger partial charge on any atom is 0.331 e. The van der Waals surface area contributed by atoms with Crippen LogP contribution in [0, 0.1) is 20.8 Å². The topological polar surface area (TPSA) is 84.5 Å². The molecule has 2 rings (SSSR count). The predicted molar refractivity (Wildman–Crippen MR) is 104 cm³/mol. The number of benzene rings is 2. The standard InChI is InChI=1S/C21H22N2O4/c1-14-5-4-6-17(12-14)8-10-20(25)27-13-19(24)23-21(26)22-18-9-7-15(2)11-16(18)3/h4-12H,13H2,1-3H3,(H2,22,23,24,26)/b10-8+. The number of imide groups is 1. The number of anilines is 1. The molecule has 0 spiro atoms. The Hall–Kier alpha value is -3.41. The average molecular weight is 366 g/mol. The number of hydrogen-bond donors (Lipinski definition) is 2. The van der Waals surface area contributed by atoms with Gasteiger partial charge in [0.1, 0.15) is 0 Å². The Bertz CT molecular complexity index is 888. The van der Waals surface area contributed by atoms with Gasteiger partial charge in [-0.05, 0) is 44.0 Å². The van der Waals surface area contributed by atoms with Crippen LogP contribution in [-0.4, -0.2) is 24.5 Å². The quantitative estimate of drug-likeness (QED) is 0.626. The first-order valence-corrected chi connectivity index (χ1v) is 8.43. The molecule has 2 aromatic carbocycles. The van der Waals surface area contributed by atoms with Crippen molar-refractivity contribution in [2.45, 2.75) is 20.8 Å². The number of amides is 3. The Kier molecular flexibility index (Phi) is 6.88. The van der Waals surface area contributed by atoms with Gasteiger partial charge in [-0.25, -0.2) is 9.59 Å². The highest BCUT2D eigenvalue weighted by Crippen LogP contribution is 2.15. The minimum Gasteiger partial charge on any atom is -0.452 e. The van der Waals surface area contributed by atoms with Crippen molar-refractivity contribution in [1.82, 2.24) is 5.32 Å². The SMILES string of the molecule is Cc1cccc(/C=C/C(=O)OCC(=O)NC(=O)Nc2ccc(C)cc2C)c1. The van der Waals surface area contributed by atoms with E-state index in [2.05, 4.69) is 10.6 Å². The zero-order valence-electron chi connectivity index (χ0n) is 15.5. The zero-order valence-corrected chi connectivity index (χ0v) is 15.5. The molecule has 0 heterocycles. The second-order valence-electron chi connectivity index (χ2n) is 6.18. The molecule has 140 valence electrons. The van der Waals surface area contributed by atoms with Crippen LogP contribution < -0.4 is 10.6 Å². The summed E-state index contributed by atoms with van der Waals surface area (Å²) in [6.07, 6.45) is 2.83. The van der Waals surface area contributed by atoms with E-state index in [4.69, 9.17) is 4.74 Å². The van der Waals surface area contributed by atoms with Crippen LogP contribution in [0.2, 0.25) is 0 Å². The lowest BCUT2D eigenvalue weighted by Gasteiger charge is -2.09. The first kappa shape index (κ1) is 19.9. The summed E-state index contributed by atoms with van der Waals surface area (Å²) in [6.45, 7) is 5.20. The van der Waals surface area contributed by atoms with Crippen LogP contribution >= 0.6 is 0 Å². The van der Waals surface area contributed by atoms with Crippen LogP contribution in [0.25, 0.3) is 6.08 Å². The molecule has 0 aliphatic carbocycles. The van der Waals surface area contributed by atoms with Gasteiger partial charge in [-0.3, -0.25) is 10.1 Å². The number of nitrogens with one attached hydrogen (secondary N) is 2. The summed E-state index contributed by atoms with van der Waals surface area (Å²) in [4.78, 5) is 35.3. The lowest BCUT2D eigenvalue weighted by Crippen LogP contribution is -2.37. The van der Waals surface area contributed by atoms with Crippen LogP contribution in [0.4, 0.5) is 10.5 Å². The summed E-state index contributed by atoms with van der Waals surface area (Å²) in [5, 5.41) is 4.70. The van der Waals surface area contributed by atoms with Crippen molar-refractivity contribution in [3.8, 4) is 0 Å². The van der Waals surface area contributed by atoms with E-state index < -0.39 is 24.5 Å². The normalized spacial score (nSPS) is 10.5. The molecule has 0 radical (unpaired) electrons. The monoisotopic (exact) mass is 366 g/mol. The minimum absolute atomic E-state index is 0.544. The maximum absolute atomic E-state index is 11.8. The second-order valence-corrected chi connectivity index (χ2v) is 6.18. The van der Waals surface area contributed by atoms with Crippen molar-refractivity contribution >= 4 is 29.7 Å². The van der Waals surface area contributed by atoms with Gasteiger partial charge in [-0.15, -0.1) is 0 Å². The van der Waals surface area contributed by atoms with Gasteiger partial charge in [0.25, 0.3) is 5.91 Å². The molecule has 0 aliphatic rings. The molecule has 0 saturated carbocycles. The summed E-state index contributed by atoms with van der Waals surface area (Å²) in [5.41, 5.74) is 4.47. The van der Waals surface area contributed by atoms with E-state index in [0.29, 0.717) is 5.69 Å². The number of carbonyl (C=O) groups excluding carboxylic acids is 3. The van der Waals surface area contributed by atoms with Crippen molar-refractivity contribution in [2.24, 2.45) is 0 Å². The second kappa shape index (κ2) is 9.33. The number of rotatable bonds is 5. The van der Waals surface area contributed by atoms with E-state index in [1.54, 1.807) is 12.1 Å². The Morgan fingerprint density at radius 3 is 2.44 bits per heavy atom. The van der Waals surface area contributed by atoms with Crippen LogP contribution in [-0.2, 0) is 14.3 Å². The van der Waals surface area contributed by atoms with Crippen molar-refractivity contribution in [3.63, 3.8) is 0 Å². The minimum atomic E-state index is -0.713. The molecule has 6 nitrogen and oxygen atoms in total. The molecule has 0 fully saturated rings. The van der Waals surface area contributed by atoms with Crippen molar-refractivity contribution < 1.29 is 19.1 Å². The lowest BCUT2D eigenvalue weighted by molar-refractivity contribution is -0.143. The van der Waals surface area contributed by atoms with E-state index in [0.717, 1.165) is 22.3 Å². The molecule has 0 saturated heterocycles. The number of ether oxygens (including phenoxy) is 1. The number of aryl methyl sites for hydroxylation is 3. The lowest BCUT2D eigenvalue weighted by atomic mass is 10.1. The summed E-state index contributed by atoms with van der Waals surface area (Å²) in [5.74, 6) is -1.38. The Morgan fingerprint density at radius 1 is 1.00 bits per heavy atom. The van der Waals surface area contributed by atoms with Gasteiger partial charge < -0.3 is 10.1 Å². The number of hydrogen-bond acceptors (Lipinski definition) is 4. The third kappa shape index (κ3) is 6.78. The molecule has 0 aromatic heterocycles. The third-order valence-corrected chi connectivity index (χ3v) is 3.68. The smallest absolute Gasteiger partial charge is 0.331 e. The van der Waals surface area contributed by atoms with E-state index in [1.807, 2.05) is 57.2 Å². The van der Waals surface area contributed by atoms with Gasteiger partial charge in [0.15, 0.2) is 6.61 Å². The van der Waals surface area contributed by atoms with Crippen LogP contribution in [0.1, 0.15) is 22.3 Å². The van der Waals surface area contributed by atoms with Gasteiger partial charge in [-0.2, -0.15) is 0 Å². The van der Waals surface area contributed by atoms with Crippen LogP contribution in [0.5, 0.6) is 0 Å². The van der Waals surface area contributed by atoms with E-state index in [1.165, 1.54) is 6.08 Å². The van der Waals surface area contributed by atoms with Crippen molar-refractivity contribution in [3.05, 3.63) is 70.8 Å². The van der Waals surface area contributed by atoms with Gasteiger partial charge in [0.05, 0.1) is 0 Å². The van der Waals surface area contributed by atoms with Gasteiger partial charge >= 0.3 is 12.0 Å². The van der Waals surface area contributed by atoms with E-state index in [-0.39, 0.29) is 0 Å². The molecular weight excluding hydrogens is 344 g/mol. The molecule has 0 aliphatic heterocycles. The van der Waals surface area contributed by atoms with Gasteiger partial charge in [0, 0.05) is 11.8 Å². The highest BCUT2D eigenvalue weighted by Gasteiger charge is 2.11. The van der Waals surface area contributed by atoms with Crippen molar-refractivity contribution in [2.75, 3.05) is 11.9 Å². The summed E-state index contributed by atoms with van der Waals surface area (Å²) >= 11 is 0. The first-order valence-electron chi connectivity index (χ1n) is 8.43. The highest BCUT2D eigenvalue weighted by atomic mass is 16.5. The largest absolute Gasteiger partial charge is 0.452 e. The number of carbonyl (C=O) groups is 3. The predicted octanol–water partition coefficient (Wildman–Crippen LogP) is 3.52. The average Bonchev–Trinajstić information content (AvgIpc) is 2.60. The fourth-order valence-electron chi connectivity index (χ4n) is 2.39. The van der Waals surface area contributed by atoms with Gasteiger partial charge in [0.2, 0.25) is 0 Å². The fourth-order valence-corrected chi connectivity index (χ4v) is 2.39. The molecule has 0 unspecified atom stereocenters. The fraction of sp³-hybridized carbons (Fsp3) is 0.190. The van der Waals surface area contributed by atoms with E-state index >= 15 is 0 Å². The molecule has 0 atom stereocenters. The molecular formula is C21H22N2O4. The van der Waals surface area contributed by atoms with Crippen LogP contribution in [0.3, 0.4) is 0 Å². The highest BCUT2D eigenvalue weighted by molar-refractivity contribution is 6.02. The molecule has 0 bridgehead atoms. The molecule has 2 N–H and O–H groups in total. The third-order valence-electron chi connectivity index (χ3n) is 3.68. The first-order chi connectivity index (χ1) is 12.8. The maximum atomic E-state index is 11.8. The molecule has 3 amide bonds. The molecule has 6 heteroatoms. The number of urea groups is 1. The Morgan fingerprint density at radius 2 is 1.74 bits per heavy atom. The van der Waals surface area contributed by atoms with Gasteiger partial charge in [-0.1, -0.05) is 47.5 Å². The Labute approximate surface area is 158 Å². The number of esters is 1. The van der Waals surface area contributed by atoms with Crippen LogP contribution in [0.15, 0.2) is 48.5 Å². The summed E-state index contributed by atoms with van der Waals surface area (Å²) in [6, 6.07) is 12.4.